The van der Waals surface area contributed by atoms with Crippen LogP contribution in [0.4, 0.5) is 0 Å². The molecule has 0 amide bonds. The van der Waals surface area contributed by atoms with Crippen LogP contribution in [0.3, 0.4) is 0 Å². The summed E-state index contributed by atoms with van der Waals surface area (Å²) in [6.45, 7) is 12.4. The van der Waals surface area contributed by atoms with Crippen LogP contribution in [0.5, 0.6) is 0 Å². The molecule has 0 aromatic carbocycles. The maximum Gasteiger partial charge on any atom is 0.0647 e. The van der Waals surface area contributed by atoms with E-state index in [1.54, 1.807) is 0 Å². The molecular formula is C14H28N2O. The zero-order valence-corrected chi connectivity index (χ0v) is 11.7. The molecule has 0 aromatic rings. The molecule has 2 atom stereocenters. The number of hydrogen-bond donors (Lipinski definition) is 1. The first-order valence-electron chi connectivity index (χ1n) is 7.16. The van der Waals surface area contributed by atoms with Gasteiger partial charge in [0.2, 0.25) is 0 Å². The van der Waals surface area contributed by atoms with Gasteiger partial charge in [0.25, 0.3) is 0 Å². The number of rotatable bonds is 2. The molecule has 3 nitrogen and oxygen atoms in total. The predicted molar refractivity (Wildman–Crippen MR) is 71.3 cm³/mol. The van der Waals surface area contributed by atoms with Gasteiger partial charge in [-0.2, -0.15) is 0 Å². The molecular weight excluding hydrogens is 212 g/mol. The minimum absolute atomic E-state index is 0.265. The highest BCUT2D eigenvalue weighted by Gasteiger charge is 2.38. The molecule has 0 saturated carbocycles. The molecule has 3 heteroatoms. The van der Waals surface area contributed by atoms with Crippen molar-refractivity contribution in [2.24, 2.45) is 0 Å². The second-order valence-corrected chi connectivity index (χ2v) is 6.27. The van der Waals surface area contributed by atoms with Crippen molar-refractivity contribution in [3.8, 4) is 0 Å². The number of hydrogen-bond acceptors (Lipinski definition) is 3. The van der Waals surface area contributed by atoms with Crippen molar-refractivity contribution in [3.05, 3.63) is 0 Å². The van der Waals surface area contributed by atoms with Crippen LogP contribution in [0.25, 0.3) is 0 Å². The molecule has 2 fully saturated rings. The molecule has 0 aromatic heterocycles. The summed E-state index contributed by atoms with van der Waals surface area (Å²) in [6, 6.07) is 0. The van der Waals surface area contributed by atoms with E-state index in [9.17, 15) is 0 Å². The standard InChI is InChI=1S/C14H28N2O/c1-4-13(2)11-16(9-6-8-15-13)14(3)7-5-10-17-12-14/h15H,4-12H2,1-3H3. The lowest BCUT2D eigenvalue weighted by Gasteiger charge is -2.46. The van der Waals surface area contributed by atoms with Gasteiger partial charge in [-0.1, -0.05) is 6.92 Å². The van der Waals surface area contributed by atoms with Crippen molar-refractivity contribution in [1.29, 1.82) is 0 Å². The largest absolute Gasteiger partial charge is 0.380 e. The quantitative estimate of drug-likeness (QED) is 0.799. The molecule has 2 saturated heterocycles. The topological polar surface area (TPSA) is 24.5 Å². The molecule has 100 valence electrons. The molecule has 2 heterocycles. The lowest BCUT2D eigenvalue weighted by molar-refractivity contribution is -0.0450. The van der Waals surface area contributed by atoms with Gasteiger partial charge in [-0.25, -0.2) is 0 Å². The highest BCUT2D eigenvalue weighted by molar-refractivity contribution is 4.96. The zero-order chi connectivity index (χ0) is 12.4. The van der Waals surface area contributed by atoms with Crippen molar-refractivity contribution in [2.45, 2.75) is 57.5 Å². The first-order valence-corrected chi connectivity index (χ1v) is 7.16. The van der Waals surface area contributed by atoms with Gasteiger partial charge in [0, 0.05) is 30.8 Å². The third kappa shape index (κ3) is 3.01. The van der Waals surface area contributed by atoms with Crippen LogP contribution in [0.2, 0.25) is 0 Å². The molecule has 2 rings (SSSR count). The summed E-state index contributed by atoms with van der Waals surface area (Å²) >= 11 is 0. The molecule has 0 bridgehead atoms. The Hall–Kier alpha value is -0.120. The van der Waals surface area contributed by atoms with Crippen LogP contribution in [0.15, 0.2) is 0 Å². The van der Waals surface area contributed by atoms with Crippen molar-refractivity contribution in [1.82, 2.24) is 10.2 Å². The molecule has 1 N–H and O–H groups in total. The predicted octanol–water partition coefficient (Wildman–Crippen LogP) is 2.02. The van der Waals surface area contributed by atoms with Crippen molar-refractivity contribution < 1.29 is 4.74 Å². The van der Waals surface area contributed by atoms with Crippen molar-refractivity contribution in [2.75, 3.05) is 32.8 Å². The van der Waals surface area contributed by atoms with Gasteiger partial charge in [0.1, 0.15) is 0 Å². The zero-order valence-electron chi connectivity index (χ0n) is 11.7. The van der Waals surface area contributed by atoms with Gasteiger partial charge < -0.3 is 10.1 Å². The van der Waals surface area contributed by atoms with E-state index in [-0.39, 0.29) is 11.1 Å². The number of ether oxygens (including phenoxy) is 1. The normalized spacial score (nSPS) is 41.1. The Balaban J connectivity index is 2.07. The summed E-state index contributed by atoms with van der Waals surface area (Å²) in [5.41, 5.74) is 0.539. The second-order valence-electron chi connectivity index (χ2n) is 6.27. The molecule has 2 unspecified atom stereocenters. The monoisotopic (exact) mass is 240 g/mol. The van der Waals surface area contributed by atoms with E-state index in [2.05, 4.69) is 31.0 Å². The van der Waals surface area contributed by atoms with Crippen LogP contribution in [0.1, 0.15) is 46.5 Å². The Labute approximate surface area is 106 Å². The first-order chi connectivity index (χ1) is 8.08. The average Bonchev–Trinajstić information content (AvgIpc) is 2.54. The van der Waals surface area contributed by atoms with Crippen LogP contribution in [-0.4, -0.2) is 48.8 Å². The van der Waals surface area contributed by atoms with E-state index in [0.717, 1.165) is 26.3 Å². The maximum atomic E-state index is 5.72. The van der Waals surface area contributed by atoms with E-state index in [1.165, 1.54) is 32.2 Å². The van der Waals surface area contributed by atoms with Crippen LogP contribution >= 0.6 is 0 Å². The fraction of sp³-hybridized carbons (Fsp3) is 1.00. The number of nitrogens with one attached hydrogen (secondary N) is 1. The Bertz CT molecular complexity index is 251. The Kier molecular flexibility index (Phi) is 4.11. The Morgan fingerprint density at radius 1 is 1.29 bits per heavy atom. The summed E-state index contributed by atoms with van der Waals surface area (Å²) in [7, 11) is 0. The van der Waals surface area contributed by atoms with Gasteiger partial charge in [0.05, 0.1) is 6.61 Å². The van der Waals surface area contributed by atoms with E-state index >= 15 is 0 Å². The molecule has 0 radical (unpaired) electrons. The van der Waals surface area contributed by atoms with Crippen LogP contribution < -0.4 is 5.32 Å². The van der Waals surface area contributed by atoms with E-state index in [4.69, 9.17) is 4.74 Å². The van der Waals surface area contributed by atoms with E-state index < -0.39 is 0 Å². The summed E-state index contributed by atoms with van der Waals surface area (Å²) in [5, 5.41) is 3.71. The first kappa shape index (κ1) is 13.3. The Morgan fingerprint density at radius 3 is 2.76 bits per heavy atom. The molecule has 17 heavy (non-hydrogen) atoms. The SMILES string of the molecule is CCC1(C)CN(C2(C)CCCOC2)CCCN1. The third-order valence-corrected chi connectivity index (χ3v) is 4.66. The third-order valence-electron chi connectivity index (χ3n) is 4.66. The van der Waals surface area contributed by atoms with Crippen LogP contribution in [-0.2, 0) is 4.74 Å². The van der Waals surface area contributed by atoms with Crippen LogP contribution in [0, 0.1) is 0 Å². The minimum atomic E-state index is 0.265. The molecule has 0 spiro atoms. The van der Waals surface area contributed by atoms with E-state index in [1.807, 2.05) is 0 Å². The smallest absolute Gasteiger partial charge is 0.0647 e. The lowest BCUT2D eigenvalue weighted by Crippen LogP contribution is -2.57. The number of nitrogens with zero attached hydrogens (tertiary/aromatic N) is 1. The van der Waals surface area contributed by atoms with Crippen molar-refractivity contribution >= 4 is 0 Å². The Morgan fingerprint density at radius 2 is 2.12 bits per heavy atom. The van der Waals surface area contributed by atoms with Gasteiger partial charge in [-0.05, 0) is 46.1 Å². The van der Waals surface area contributed by atoms with Gasteiger partial charge in [-0.3, -0.25) is 4.90 Å². The maximum absolute atomic E-state index is 5.72. The second kappa shape index (κ2) is 5.25. The lowest BCUT2D eigenvalue weighted by atomic mass is 9.89. The molecule has 2 aliphatic rings. The van der Waals surface area contributed by atoms with Gasteiger partial charge >= 0.3 is 0 Å². The van der Waals surface area contributed by atoms with Crippen molar-refractivity contribution in [3.63, 3.8) is 0 Å². The van der Waals surface area contributed by atoms with E-state index in [0.29, 0.717) is 0 Å². The summed E-state index contributed by atoms with van der Waals surface area (Å²) in [4.78, 5) is 2.68. The molecule has 2 aliphatic heterocycles. The highest BCUT2D eigenvalue weighted by atomic mass is 16.5. The minimum Gasteiger partial charge on any atom is -0.380 e. The highest BCUT2D eigenvalue weighted by Crippen LogP contribution is 2.29. The summed E-state index contributed by atoms with van der Waals surface area (Å²) in [5.74, 6) is 0. The van der Waals surface area contributed by atoms with Gasteiger partial charge in [-0.15, -0.1) is 0 Å². The fourth-order valence-electron chi connectivity index (χ4n) is 3.08. The average molecular weight is 240 g/mol. The molecule has 0 aliphatic carbocycles. The van der Waals surface area contributed by atoms with Gasteiger partial charge in [0.15, 0.2) is 0 Å². The fourth-order valence-corrected chi connectivity index (χ4v) is 3.08. The summed E-state index contributed by atoms with van der Waals surface area (Å²) in [6.07, 6.45) is 4.95. The summed E-state index contributed by atoms with van der Waals surface area (Å²) < 4.78 is 5.72.